The van der Waals surface area contributed by atoms with Crippen LogP contribution in [-0.4, -0.2) is 18.6 Å². The van der Waals surface area contributed by atoms with Crippen molar-refractivity contribution in [1.82, 2.24) is 10.3 Å². The zero-order valence-electron chi connectivity index (χ0n) is 12.1. The molecule has 0 saturated heterocycles. The zero-order chi connectivity index (χ0) is 15.2. The van der Waals surface area contributed by atoms with Crippen molar-refractivity contribution < 1.29 is 9.13 Å². The quantitative estimate of drug-likeness (QED) is 0.850. The Labute approximate surface area is 132 Å². The van der Waals surface area contributed by atoms with E-state index >= 15 is 0 Å². The summed E-state index contributed by atoms with van der Waals surface area (Å²) >= 11 is 3.49. The number of hydrogen-bond acceptors (Lipinski definition) is 3. The van der Waals surface area contributed by atoms with Crippen LogP contribution in [0.15, 0.2) is 41.0 Å². The van der Waals surface area contributed by atoms with E-state index in [4.69, 9.17) is 4.74 Å². The predicted molar refractivity (Wildman–Crippen MR) is 85.0 cm³/mol. The molecule has 1 heterocycles. The summed E-state index contributed by atoms with van der Waals surface area (Å²) in [6, 6.07) is 8.58. The lowest BCUT2D eigenvalue weighted by atomic mass is 10.0. The van der Waals surface area contributed by atoms with Gasteiger partial charge in [0, 0.05) is 16.2 Å². The third-order valence-corrected chi connectivity index (χ3v) is 3.85. The molecule has 2 rings (SSSR count). The number of benzene rings is 1. The minimum atomic E-state index is -0.355. The molecule has 0 fully saturated rings. The summed E-state index contributed by atoms with van der Waals surface area (Å²) in [6.07, 6.45) is 2.66. The van der Waals surface area contributed by atoms with Crippen molar-refractivity contribution in [3.63, 3.8) is 0 Å². The fraction of sp³-hybridized carbons (Fsp3) is 0.312. The number of aromatic nitrogens is 1. The normalized spacial score (nSPS) is 12.2. The van der Waals surface area contributed by atoms with Crippen LogP contribution >= 0.6 is 15.9 Å². The molecule has 0 aliphatic rings. The van der Waals surface area contributed by atoms with Gasteiger partial charge in [-0.3, -0.25) is 4.98 Å². The third-order valence-electron chi connectivity index (χ3n) is 3.18. The lowest BCUT2D eigenvalue weighted by Gasteiger charge is -2.21. The maximum absolute atomic E-state index is 14.6. The summed E-state index contributed by atoms with van der Waals surface area (Å²) in [6.45, 7) is 2.84. The van der Waals surface area contributed by atoms with Crippen LogP contribution in [0.25, 0.3) is 0 Å². The molecule has 2 aromatic rings. The molecule has 0 aliphatic carbocycles. The van der Waals surface area contributed by atoms with E-state index in [0.717, 1.165) is 23.1 Å². The first-order valence-electron chi connectivity index (χ1n) is 6.85. The molecule has 21 heavy (non-hydrogen) atoms. The van der Waals surface area contributed by atoms with Gasteiger partial charge in [-0.1, -0.05) is 19.1 Å². The maximum atomic E-state index is 14.6. The van der Waals surface area contributed by atoms with E-state index < -0.39 is 0 Å². The Morgan fingerprint density at radius 2 is 2.14 bits per heavy atom. The van der Waals surface area contributed by atoms with E-state index in [1.54, 1.807) is 24.4 Å². The first kappa shape index (κ1) is 15.9. The Morgan fingerprint density at radius 3 is 2.81 bits per heavy atom. The average Bonchev–Trinajstić information content (AvgIpc) is 2.50. The number of rotatable bonds is 6. The standard InChI is InChI=1S/C16H18BrFN2O/c1-3-9-19-15(16-12(17)7-5-10-20-16)11-6-4-8-13(21-2)14(11)18/h4-8,10,15,19H,3,9H2,1-2H3. The molecule has 1 aromatic heterocycles. The highest BCUT2D eigenvalue weighted by atomic mass is 79.9. The van der Waals surface area contributed by atoms with Crippen LogP contribution in [-0.2, 0) is 0 Å². The molecule has 5 heteroatoms. The van der Waals surface area contributed by atoms with Crippen molar-refractivity contribution in [2.24, 2.45) is 0 Å². The molecule has 0 saturated carbocycles. The number of ether oxygens (including phenoxy) is 1. The van der Waals surface area contributed by atoms with Crippen molar-refractivity contribution in [3.8, 4) is 5.75 Å². The molecule has 0 amide bonds. The highest BCUT2D eigenvalue weighted by molar-refractivity contribution is 9.10. The molecule has 1 atom stereocenters. The van der Waals surface area contributed by atoms with Gasteiger partial charge in [0.1, 0.15) is 0 Å². The zero-order valence-corrected chi connectivity index (χ0v) is 13.7. The Morgan fingerprint density at radius 1 is 1.33 bits per heavy atom. The number of halogens is 2. The van der Waals surface area contributed by atoms with Gasteiger partial charge in [-0.25, -0.2) is 4.39 Å². The van der Waals surface area contributed by atoms with Crippen LogP contribution < -0.4 is 10.1 Å². The largest absolute Gasteiger partial charge is 0.494 e. The van der Waals surface area contributed by atoms with E-state index in [2.05, 4.69) is 33.2 Å². The summed E-state index contributed by atoms with van der Waals surface area (Å²) in [5.41, 5.74) is 1.29. The molecule has 1 aromatic carbocycles. The molecular formula is C16H18BrFN2O. The molecule has 112 valence electrons. The number of hydrogen-bond donors (Lipinski definition) is 1. The van der Waals surface area contributed by atoms with Gasteiger partial charge in [0.05, 0.1) is 18.8 Å². The van der Waals surface area contributed by atoms with Crippen molar-refractivity contribution in [2.75, 3.05) is 13.7 Å². The van der Waals surface area contributed by atoms with Gasteiger partial charge in [0.15, 0.2) is 11.6 Å². The van der Waals surface area contributed by atoms with Gasteiger partial charge in [-0.15, -0.1) is 0 Å². The predicted octanol–water partition coefficient (Wildman–Crippen LogP) is 4.08. The summed E-state index contributed by atoms with van der Waals surface area (Å²) in [5.74, 6) is -0.117. The van der Waals surface area contributed by atoms with E-state index in [-0.39, 0.29) is 17.6 Å². The van der Waals surface area contributed by atoms with Crippen LogP contribution in [0.5, 0.6) is 5.75 Å². The second kappa shape index (κ2) is 7.52. The number of nitrogens with zero attached hydrogens (tertiary/aromatic N) is 1. The van der Waals surface area contributed by atoms with Crippen LogP contribution in [0.2, 0.25) is 0 Å². The van der Waals surface area contributed by atoms with Crippen LogP contribution in [0.3, 0.4) is 0 Å². The molecule has 0 spiro atoms. The van der Waals surface area contributed by atoms with E-state index in [9.17, 15) is 4.39 Å². The van der Waals surface area contributed by atoms with Gasteiger partial charge in [0.25, 0.3) is 0 Å². The molecule has 0 radical (unpaired) electrons. The lowest BCUT2D eigenvalue weighted by molar-refractivity contribution is 0.381. The van der Waals surface area contributed by atoms with Gasteiger partial charge < -0.3 is 10.1 Å². The smallest absolute Gasteiger partial charge is 0.170 e. The second-order valence-electron chi connectivity index (χ2n) is 4.62. The van der Waals surface area contributed by atoms with E-state index in [1.807, 2.05) is 12.1 Å². The van der Waals surface area contributed by atoms with Gasteiger partial charge in [-0.2, -0.15) is 0 Å². The van der Waals surface area contributed by atoms with Crippen LogP contribution in [0, 0.1) is 5.82 Å². The first-order chi connectivity index (χ1) is 10.2. The molecule has 0 bridgehead atoms. The number of methoxy groups -OCH3 is 1. The molecule has 0 aliphatic heterocycles. The second-order valence-corrected chi connectivity index (χ2v) is 5.48. The minimum absolute atomic E-state index is 0.239. The first-order valence-corrected chi connectivity index (χ1v) is 7.64. The summed E-state index contributed by atoms with van der Waals surface area (Å²) in [5, 5.41) is 3.35. The number of pyridine rings is 1. The SMILES string of the molecule is CCCNC(c1cccc(OC)c1F)c1ncccc1Br. The molecule has 3 nitrogen and oxygen atoms in total. The van der Waals surface area contributed by atoms with Gasteiger partial charge in [0.2, 0.25) is 0 Å². The Kier molecular flexibility index (Phi) is 5.70. The van der Waals surface area contributed by atoms with Crippen LogP contribution in [0.1, 0.15) is 30.6 Å². The Balaban J connectivity index is 2.48. The highest BCUT2D eigenvalue weighted by Gasteiger charge is 2.22. The fourth-order valence-corrected chi connectivity index (χ4v) is 2.65. The fourth-order valence-electron chi connectivity index (χ4n) is 2.16. The third kappa shape index (κ3) is 3.60. The van der Waals surface area contributed by atoms with Crippen LogP contribution in [0.4, 0.5) is 4.39 Å². The van der Waals surface area contributed by atoms with E-state index in [0.29, 0.717) is 5.56 Å². The molecule has 1 N–H and O–H groups in total. The Bertz CT molecular complexity index is 607. The monoisotopic (exact) mass is 352 g/mol. The summed E-state index contributed by atoms with van der Waals surface area (Å²) < 4.78 is 20.5. The average molecular weight is 353 g/mol. The summed E-state index contributed by atoms with van der Waals surface area (Å²) in [4.78, 5) is 4.39. The van der Waals surface area contributed by atoms with Gasteiger partial charge >= 0.3 is 0 Å². The van der Waals surface area contributed by atoms with E-state index in [1.165, 1.54) is 7.11 Å². The van der Waals surface area contributed by atoms with Crippen molar-refractivity contribution >= 4 is 15.9 Å². The number of nitrogens with one attached hydrogen (secondary N) is 1. The lowest BCUT2D eigenvalue weighted by Crippen LogP contribution is -2.25. The topological polar surface area (TPSA) is 34.1 Å². The summed E-state index contributed by atoms with van der Waals surface area (Å²) in [7, 11) is 1.47. The van der Waals surface area contributed by atoms with Gasteiger partial charge in [-0.05, 0) is 47.1 Å². The maximum Gasteiger partial charge on any atom is 0.170 e. The van der Waals surface area contributed by atoms with Crippen molar-refractivity contribution in [2.45, 2.75) is 19.4 Å². The Hall–Kier alpha value is -1.46. The minimum Gasteiger partial charge on any atom is -0.494 e. The molecular weight excluding hydrogens is 335 g/mol. The highest BCUT2D eigenvalue weighted by Crippen LogP contribution is 2.31. The molecule has 1 unspecified atom stereocenters. The van der Waals surface area contributed by atoms with Crippen molar-refractivity contribution in [1.29, 1.82) is 0 Å². The van der Waals surface area contributed by atoms with Crippen molar-refractivity contribution in [3.05, 3.63) is 58.1 Å².